The lowest BCUT2D eigenvalue weighted by atomic mass is 10.4. The van der Waals surface area contributed by atoms with Crippen LogP contribution in [0.25, 0.3) is 11.5 Å². The van der Waals surface area contributed by atoms with Gasteiger partial charge in [-0.25, -0.2) is 9.97 Å². The first kappa shape index (κ1) is 9.38. The summed E-state index contributed by atoms with van der Waals surface area (Å²) in [5, 5.41) is 4.19. The molecular weight excluding hydrogens is 293 g/mol. The fourth-order valence-corrected chi connectivity index (χ4v) is 1.30. The standard InChI is InChI=1S/C8H8IN5/c1-14-3-2-6(13-14)8-11-4-5(9)7(10)12-8/h2-4H,1H3,(H2,10,11,12). The van der Waals surface area contributed by atoms with Crippen LogP contribution in [0.3, 0.4) is 0 Å². The highest BCUT2D eigenvalue weighted by Gasteiger charge is 2.06. The van der Waals surface area contributed by atoms with Crippen LogP contribution in [0.15, 0.2) is 18.5 Å². The molecule has 0 amide bonds. The second-order valence-corrected chi connectivity index (χ2v) is 3.96. The largest absolute Gasteiger partial charge is 0.383 e. The van der Waals surface area contributed by atoms with Gasteiger partial charge in [-0.1, -0.05) is 0 Å². The highest BCUT2D eigenvalue weighted by molar-refractivity contribution is 14.1. The van der Waals surface area contributed by atoms with Crippen LogP contribution < -0.4 is 5.73 Å². The zero-order valence-electron chi connectivity index (χ0n) is 7.48. The van der Waals surface area contributed by atoms with Crippen LogP contribution in [0.4, 0.5) is 5.82 Å². The van der Waals surface area contributed by atoms with Gasteiger partial charge in [0.25, 0.3) is 0 Å². The van der Waals surface area contributed by atoms with Gasteiger partial charge in [0.2, 0.25) is 0 Å². The molecule has 0 bridgehead atoms. The van der Waals surface area contributed by atoms with E-state index in [1.807, 2.05) is 19.3 Å². The number of nitrogen functional groups attached to an aromatic ring is 1. The molecule has 0 spiro atoms. The molecule has 6 heteroatoms. The molecule has 2 aromatic rings. The fraction of sp³-hybridized carbons (Fsp3) is 0.125. The average molecular weight is 301 g/mol. The minimum atomic E-state index is 0.487. The first-order chi connectivity index (χ1) is 6.66. The van der Waals surface area contributed by atoms with Gasteiger partial charge in [-0.05, 0) is 28.7 Å². The maximum Gasteiger partial charge on any atom is 0.182 e. The highest BCUT2D eigenvalue weighted by Crippen LogP contribution is 2.16. The molecule has 0 aliphatic rings. The van der Waals surface area contributed by atoms with Crippen molar-refractivity contribution >= 4 is 28.4 Å². The van der Waals surface area contributed by atoms with Crippen molar-refractivity contribution in [2.24, 2.45) is 7.05 Å². The number of halogens is 1. The predicted molar refractivity (Wildman–Crippen MR) is 61.4 cm³/mol. The van der Waals surface area contributed by atoms with Gasteiger partial charge in [0.15, 0.2) is 5.82 Å². The number of aromatic nitrogens is 4. The average Bonchev–Trinajstić information content (AvgIpc) is 2.57. The molecule has 2 heterocycles. The van der Waals surface area contributed by atoms with Gasteiger partial charge >= 0.3 is 0 Å². The highest BCUT2D eigenvalue weighted by atomic mass is 127. The molecule has 14 heavy (non-hydrogen) atoms. The third-order valence-corrected chi connectivity index (χ3v) is 2.55. The Bertz CT molecular complexity index is 465. The summed E-state index contributed by atoms with van der Waals surface area (Å²) in [6.45, 7) is 0. The molecule has 0 saturated carbocycles. The lowest BCUT2D eigenvalue weighted by molar-refractivity contribution is 0.768. The topological polar surface area (TPSA) is 69.6 Å². The molecular formula is C8H8IN5. The minimum absolute atomic E-state index is 0.487. The van der Waals surface area contributed by atoms with Crippen molar-refractivity contribution in [3.8, 4) is 11.5 Å². The molecule has 0 radical (unpaired) electrons. The van der Waals surface area contributed by atoms with Crippen LogP contribution in [-0.2, 0) is 7.05 Å². The monoisotopic (exact) mass is 301 g/mol. The third kappa shape index (κ3) is 1.69. The van der Waals surface area contributed by atoms with Crippen LogP contribution >= 0.6 is 22.6 Å². The number of nitrogens with two attached hydrogens (primary N) is 1. The Balaban J connectivity index is 2.47. The van der Waals surface area contributed by atoms with Crippen LogP contribution in [0.5, 0.6) is 0 Å². The van der Waals surface area contributed by atoms with Crippen molar-refractivity contribution in [2.75, 3.05) is 5.73 Å². The molecule has 5 nitrogen and oxygen atoms in total. The Morgan fingerprint density at radius 1 is 1.50 bits per heavy atom. The molecule has 0 saturated heterocycles. The van der Waals surface area contributed by atoms with Crippen molar-refractivity contribution in [1.82, 2.24) is 19.7 Å². The smallest absolute Gasteiger partial charge is 0.182 e. The second-order valence-electron chi connectivity index (χ2n) is 2.80. The van der Waals surface area contributed by atoms with Gasteiger partial charge in [0, 0.05) is 19.4 Å². The quantitative estimate of drug-likeness (QED) is 0.800. The molecule has 0 atom stereocenters. The number of aryl methyl sites for hydroxylation is 1. The van der Waals surface area contributed by atoms with Crippen LogP contribution in [0.1, 0.15) is 0 Å². The minimum Gasteiger partial charge on any atom is -0.383 e. The Morgan fingerprint density at radius 2 is 2.29 bits per heavy atom. The molecule has 0 fully saturated rings. The summed E-state index contributed by atoms with van der Waals surface area (Å²) in [5.74, 6) is 1.05. The van der Waals surface area contributed by atoms with Crippen LogP contribution in [0.2, 0.25) is 0 Å². The first-order valence-electron chi connectivity index (χ1n) is 3.95. The SMILES string of the molecule is Cn1ccc(-c2ncc(I)c(N)n2)n1. The van der Waals surface area contributed by atoms with E-state index in [4.69, 9.17) is 5.73 Å². The van der Waals surface area contributed by atoms with E-state index < -0.39 is 0 Å². The van der Waals surface area contributed by atoms with Gasteiger partial charge in [0.1, 0.15) is 11.5 Å². The molecule has 72 valence electrons. The second kappa shape index (κ2) is 3.52. The number of hydrogen-bond acceptors (Lipinski definition) is 4. The Kier molecular flexibility index (Phi) is 2.36. The summed E-state index contributed by atoms with van der Waals surface area (Å²) in [7, 11) is 1.85. The van der Waals surface area contributed by atoms with E-state index in [1.165, 1.54) is 0 Å². The van der Waals surface area contributed by atoms with E-state index in [-0.39, 0.29) is 0 Å². The van der Waals surface area contributed by atoms with E-state index in [0.29, 0.717) is 11.6 Å². The first-order valence-corrected chi connectivity index (χ1v) is 5.03. The number of anilines is 1. The predicted octanol–water partition coefficient (Wildman–Crippen LogP) is 1.06. The van der Waals surface area contributed by atoms with Gasteiger partial charge < -0.3 is 5.73 Å². The summed E-state index contributed by atoms with van der Waals surface area (Å²) in [6, 6.07) is 1.85. The van der Waals surface area contributed by atoms with Gasteiger partial charge in [0.05, 0.1) is 3.57 Å². The molecule has 0 aliphatic carbocycles. The molecule has 2 aromatic heterocycles. The van der Waals surface area contributed by atoms with Crippen molar-refractivity contribution in [2.45, 2.75) is 0 Å². The Morgan fingerprint density at radius 3 is 2.86 bits per heavy atom. The Labute approximate surface area is 94.5 Å². The maximum atomic E-state index is 5.67. The summed E-state index contributed by atoms with van der Waals surface area (Å²) < 4.78 is 2.55. The van der Waals surface area contributed by atoms with Crippen LogP contribution in [-0.4, -0.2) is 19.7 Å². The number of hydrogen-bond donors (Lipinski definition) is 1. The molecule has 0 unspecified atom stereocenters. The number of rotatable bonds is 1. The molecule has 2 N–H and O–H groups in total. The van der Waals surface area contributed by atoms with Crippen molar-refractivity contribution in [3.05, 3.63) is 22.0 Å². The van der Waals surface area contributed by atoms with Gasteiger partial charge in [-0.3, -0.25) is 4.68 Å². The third-order valence-electron chi connectivity index (χ3n) is 1.71. The van der Waals surface area contributed by atoms with Gasteiger partial charge in [-0.2, -0.15) is 5.10 Å². The lowest BCUT2D eigenvalue weighted by Crippen LogP contribution is -1.99. The summed E-state index contributed by atoms with van der Waals surface area (Å²) in [4.78, 5) is 8.29. The van der Waals surface area contributed by atoms with E-state index >= 15 is 0 Å². The van der Waals surface area contributed by atoms with Gasteiger partial charge in [-0.15, -0.1) is 0 Å². The molecule has 0 aromatic carbocycles. The summed E-state index contributed by atoms with van der Waals surface area (Å²) in [6.07, 6.45) is 3.53. The summed E-state index contributed by atoms with van der Waals surface area (Å²) >= 11 is 2.09. The van der Waals surface area contributed by atoms with E-state index in [2.05, 4.69) is 37.7 Å². The van der Waals surface area contributed by atoms with Crippen molar-refractivity contribution < 1.29 is 0 Å². The molecule has 0 aliphatic heterocycles. The normalized spacial score (nSPS) is 10.4. The zero-order valence-corrected chi connectivity index (χ0v) is 9.63. The zero-order chi connectivity index (χ0) is 10.1. The van der Waals surface area contributed by atoms with E-state index in [0.717, 1.165) is 9.26 Å². The van der Waals surface area contributed by atoms with Crippen molar-refractivity contribution in [3.63, 3.8) is 0 Å². The van der Waals surface area contributed by atoms with Crippen LogP contribution in [0, 0.1) is 3.57 Å². The maximum absolute atomic E-state index is 5.67. The fourth-order valence-electron chi connectivity index (χ4n) is 1.04. The van der Waals surface area contributed by atoms with Crippen molar-refractivity contribution in [1.29, 1.82) is 0 Å². The molecule has 2 rings (SSSR count). The van der Waals surface area contributed by atoms with E-state index in [9.17, 15) is 0 Å². The number of nitrogens with zero attached hydrogens (tertiary/aromatic N) is 4. The Hall–Kier alpha value is -1.18. The van der Waals surface area contributed by atoms with E-state index in [1.54, 1.807) is 10.9 Å². The summed E-state index contributed by atoms with van der Waals surface area (Å²) in [5.41, 5.74) is 6.40. The lowest BCUT2D eigenvalue weighted by Gasteiger charge is -1.98.